The first-order valence-electron chi connectivity index (χ1n) is 5.80. The van der Waals surface area contributed by atoms with Crippen LogP contribution in [0.4, 0.5) is 5.69 Å². The summed E-state index contributed by atoms with van der Waals surface area (Å²) >= 11 is 3.32. The van der Waals surface area contributed by atoms with Crippen LogP contribution < -0.4 is 11.3 Å². The van der Waals surface area contributed by atoms with Gasteiger partial charge in [0.05, 0.1) is 5.92 Å². The van der Waals surface area contributed by atoms with Crippen LogP contribution in [0.5, 0.6) is 0 Å². The molecule has 0 aromatic heterocycles. The van der Waals surface area contributed by atoms with Crippen LogP contribution in [0.15, 0.2) is 27.8 Å². The molecule has 1 saturated carbocycles. The van der Waals surface area contributed by atoms with Crippen LogP contribution in [0.1, 0.15) is 30.7 Å². The smallest absolute Gasteiger partial charge is 0.241 e. The predicted octanol–water partition coefficient (Wildman–Crippen LogP) is 2.72. The lowest BCUT2D eigenvalue weighted by Gasteiger charge is -2.32. The molecule has 0 aliphatic heterocycles. The highest BCUT2D eigenvalue weighted by Gasteiger charge is 2.33. The average Bonchev–Trinajstić information content (AvgIpc) is 2.31. The van der Waals surface area contributed by atoms with E-state index in [4.69, 9.17) is 5.84 Å². The van der Waals surface area contributed by atoms with Gasteiger partial charge in [-0.2, -0.15) is 0 Å². The number of carbonyl (C=O) groups excluding carboxylic acids is 1. The van der Waals surface area contributed by atoms with Gasteiger partial charge in [0.2, 0.25) is 5.91 Å². The molecule has 1 aliphatic carbocycles. The fourth-order valence-electron chi connectivity index (χ4n) is 2.33. The first-order valence-corrected chi connectivity index (χ1v) is 6.59. The standard InChI is InChI=1S/C12H14BrN3O2/c13-9-4-8(5-10(6-9)16-18)11(12(17)15-14)7-2-1-3-7/h4-7,11H,1-3,14H2,(H,15,17). The lowest BCUT2D eigenvalue weighted by atomic mass is 9.72. The molecule has 5 nitrogen and oxygen atoms in total. The van der Waals surface area contributed by atoms with E-state index in [1.165, 1.54) is 0 Å². The normalized spacial score (nSPS) is 16.8. The van der Waals surface area contributed by atoms with Gasteiger partial charge in [0.25, 0.3) is 0 Å². The van der Waals surface area contributed by atoms with Gasteiger partial charge in [0.1, 0.15) is 5.69 Å². The van der Waals surface area contributed by atoms with E-state index < -0.39 is 0 Å². The number of rotatable bonds is 4. The molecule has 1 amide bonds. The molecular formula is C12H14BrN3O2. The number of amides is 1. The molecular weight excluding hydrogens is 298 g/mol. The molecule has 96 valence electrons. The Kier molecular flexibility index (Phi) is 4.08. The number of nitrogens with one attached hydrogen (secondary N) is 1. The summed E-state index contributed by atoms with van der Waals surface area (Å²) in [7, 11) is 0. The predicted molar refractivity (Wildman–Crippen MR) is 72.0 cm³/mol. The van der Waals surface area contributed by atoms with Crippen molar-refractivity contribution in [3.05, 3.63) is 33.1 Å². The Labute approximate surface area is 113 Å². The number of benzene rings is 1. The Morgan fingerprint density at radius 1 is 1.44 bits per heavy atom. The van der Waals surface area contributed by atoms with E-state index in [2.05, 4.69) is 26.5 Å². The summed E-state index contributed by atoms with van der Waals surface area (Å²) in [5.41, 5.74) is 3.30. The number of nitrogens with two attached hydrogens (primary N) is 1. The van der Waals surface area contributed by atoms with Crippen LogP contribution in [-0.4, -0.2) is 5.91 Å². The van der Waals surface area contributed by atoms with Crippen molar-refractivity contribution in [3.63, 3.8) is 0 Å². The highest BCUT2D eigenvalue weighted by Crippen LogP contribution is 2.41. The Hall–Kier alpha value is -1.27. The van der Waals surface area contributed by atoms with E-state index in [1.807, 2.05) is 6.07 Å². The van der Waals surface area contributed by atoms with Crippen molar-refractivity contribution in [2.24, 2.45) is 16.9 Å². The Bertz CT molecular complexity index is 474. The van der Waals surface area contributed by atoms with Gasteiger partial charge in [-0.3, -0.25) is 10.2 Å². The number of nitroso groups, excluding NO2 is 1. The van der Waals surface area contributed by atoms with E-state index in [9.17, 15) is 9.70 Å². The van der Waals surface area contributed by atoms with Gasteiger partial charge >= 0.3 is 0 Å². The fraction of sp³-hybridized carbons (Fsp3) is 0.417. The third-order valence-corrected chi connectivity index (χ3v) is 3.87. The second-order valence-electron chi connectivity index (χ2n) is 4.51. The lowest BCUT2D eigenvalue weighted by Crippen LogP contribution is -2.39. The summed E-state index contributed by atoms with van der Waals surface area (Å²) in [6.45, 7) is 0. The highest BCUT2D eigenvalue weighted by molar-refractivity contribution is 9.10. The minimum absolute atomic E-state index is 0.213. The number of hydrogen-bond donors (Lipinski definition) is 2. The lowest BCUT2D eigenvalue weighted by molar-refractivity contribution is -0.124. The minimum Gasteiger partial charge on any atom is -0.294 e. The quantitative estimate of drug-likeness (QED) is 0.388. The van der Waals surface area contributed by atoms with Crippen molar-refractivity contribution in [1.82, 2.24) is 5.43 Å². The average molecular weight is 312 g/mol. The second-order valence-corrected chi connectivity index (χ2v) is 5.43. The first kappa shape index (κ1) is 13.2. The van der Waals surface area contributed by atoms with Gasteiger partial charge in [-0.05, 0) is 47.7 Å². The summed E-state index contributed by atoms with van der Waals surface area (Å²) in [6.07, 6.45) is 3.15. The molecule has 0 heterocycles. The summed E-state index contributed by atoms with van der Waals surface area (Å²) in [4.78, 5) is 22.5. The summed E-state index contributed by atoms with van der Waals surface area (Å²) in [6, 6.07) is 5.11. The summed E-state index contributed by atoms with van der Waals surface area (Å²) in [5, 5.41) is 2.92. The zero-order valence-electron chi connectivity index (χ0n) is 9.73. The van der Waals surface area contributed by atoms with Crippen LogP contribution in [0.2, 0.25) is 0 Å². The molecule has 6 heteroatoms. The van der Waals surface area contributed by atoms with E-state index >= 15 is 0 Å². The van der Waals surface area contributed by atoms with Gasteiger partial charge in [-0.1, -0.05) is 22.4 Å². The third-order valence-electron chi connectivity index (χ3n) is 3.42. The van der Waals surface area contributed by atoms with Crippen LogP contribution in [0, 0.1) is 10.8 Å². The zero-order chi connectivity index (χ0) is 13.1. The molecule has 18 heavy (non-hydrogen) atoms. The molecule has 3 N–H and O–H groups in total. The third kappa shape index (κ3) is 2.59. The van der Waals surface area contributed by atoms with Crippen LogP contribution in [0.3, 0.4) is 0 Å². The fourth-order valence-corrected chi connectivity index (χ4v) is 2.83. The van der Waals surface area contributed by atoms with Gasteiger partial charge in [0, 0.05) is 4.47 Å². The number of hydrazine groups is 1. The molecule has 0 bridgehead atoms. The van der Waals surface area contributed by atoms with Gasteiger partial charge in [-0.25, -0.2) is 5.84 Å². The SMILES string of the molecule is NNC(=O)C(c1cc(Br)cc(N=O)c1)C1CCC1. The Morgan fingerprint density at radius 2 is 2.17 bits per heavy atom. The van der Waals surface area contributed by atoms with Crippen molar-refractivity contribution in [3.8, 4) is 0 Å². The number of hydrogen-bond acceptors (Lipinski definition) is 4. The van der Waals surface area contributed by atoms with Crippen LogP contribution >= 0.6 is 15.9 Å². The monoisotopic (exact) mass is 311 g/mol. The molecule has 2 rings (SSSR count). The number of halogens is 1. The maximum absolute atomic E-state index is 11.9. The number of nitrogens with zero attached hydrogens (tertiary/aromatic N) is 1. The van der Waals surface area contributed by atoms with Gasteiger partial charge < -0.3 is 0 Å². The van der Waals surface area contributed by atoms with Crippen LogP contribution in [-0.2, 0) is 4.79 Å². The molecule has 1 unspecified atom stereocenters. The maximum atomic E-state index is 11.9. The van der Waals surface area contributed by atoms with E-state index in [1.54, 1.807) is 12.1 Å². The molecule has 1 aromatic carbocycles. The van der Waals surface area contributed by atoms with Crippen molar-refractivity contribution >= 4 is 27.5 Å². The van der Waals surface area contributed by atoms with Crippen molar-refractivity contribution in [1.29, 1.82) is 0 Å². The summed E-state index contributed by atoms with van der Waals surface area (Å²) in [5.74, 6) is 5.02. The van der Waals surface area contributed by atoms with E-state index in [0.717, 1.165) is 29.3 Å². The maximum Gasteiger partial charge on any atom is 0.241 e. The second kappa shape index (κ2) is 5.58. The summed E-state index contributed by atoms with van der Waals surface area (Å²) < 4.78 is 0.740. The molecule has 0 saturated heterocycles. The van der Waals surface area contributed by atoms with Gasteiger partial charge in [-0.15, -0.1) is 4.91 Å². The number of carbonyl (C=O) groups is 1. The van der Waals surface area contributed by atoms with Gasteiger partial charge in [0.15, 0.2) is 0 Å². The topological polar surface area (TPSA) is 84.5 Å². The largest absolute Gasteiger partial charge is 0.294 e. The molecule has 1 fully saturated rings. The van der Waals surface area contributed by atoms with Crippen LogP contribution in [0.25, 0.3) is 0 Å². The Balaban J connectivity index is 2.37. The van der Waals surface area contributed by atoms with Crippen molar-refractivity contribution in [2.45, 2.75) is 25.2 Å². The zero-order valence-corrected chi connectivity index (χ0v) is 11.3. The highest BCUT2D eigenvalue weighted by atomic mass is 79.9. The molecule has 0 radical (unpaired) electrons. The van der Waals surface area contributed by atoms with Crippen molar-refractivity contribution in [2.75, 3.05) is 0 Å². The molecule has 1 aromatic rings. The molecule has 1 atom stereocenters. The Morgan fingerprint density at radius 3 is 2.67 bits per heavy atom. The first-order chi connectivity index (χ1) is 8.65. The molecule has 1 aliphatic rings. The van der Waals surface area contributed by atoms with Crippen molar-refractivity contribution < 1.29 is 4.79 Å². The molecule has 0 spiro atoms. The minimum atomic E-state index is -0.304. The van der Waals surface area contributed by atoms with E-state index in [-0.39, 0.29) is 11.8 Å². The van der Waals surface area contributed by atoms with E-state index in [0.29, 0.717) is 11.6 Å².